The van der Waals surface area contributed by atoms with Crippen molar-refractivity contribution in [2.75, 3.05) is 27.2 Å². The molecule has 0 aromatic heterocycles. The summed E-state index contributed by atoms with van der Waals surface area (Å²) in [5.41, 5.74) is 0.754. The van der Waals surface area contributed by atoms with Gasteiger partial charge in [-0.1, -0.05) is 36.7 Å². The molecule has 0 N–H and O–H groups in total. The first-order chi connectivity index (χ1) is 13.4. The maximum absolute atomic E-state index is 13.3. The zero-order chi connectivity index (χ0) is 20.0. The van der Waals surface area contributed by atoms with Crippen molar-refractivity contribution >= 4 is 29.5 Å². The van der Waals surface area contributed by atoms with E-state index < -0.39 is 12.2 Å². The number of rotatable bonds is 2. The van der Waals surface area contributed by atoms with Gasteiger partial charge < -0.3 is 14.7 Å². The molecule has 8 heteroatoms. The first-order valence-corrected chi connectivity index (χ1v) is 10.1. The molecule has 3 amide bonds. The van der Waals surface area contributed by atoms with E-state index >= 15 is 0 Å². The molecule has 7 nitrogen and oxygen atoms in total. The lowest BCUT2D eigenvalue weighted by atomic mass is 9.99. The summed E-state index contributed by atoms with van der Waals surface area (Å²) >= 11 is 6.25. The number of imide groups is 1. The van der Waals surface area contributed by atoms with Crippen molar-refractivity contribution in [3.05, 3.63) is 34.9 Å². The molecule has 3 aliphatic rings. The second-order valence-electron chi connectivity index (χ2n) is 7.98. The summed E-state index contributed by atoms with van der Waals surface area (Å²) < 4.78 is 0. The highest BCUT2D eigenvalue weighted by atomic mass is 35.5. The van der Waals surface area contributed by atoms with Crippen LogP contribution in [0.1, 0.15) is 25.3 Å². The number of hydrogen-bond donors (Lipinski definition) is 0. The molecule has 3 aliphatic heterocycles. The fourth-order valence-electron chi connectivity index (χ4n) is 4.21. The molecule has 1 aromatic carbocycles. The van der Waals surface area contributed by atoms with E-state index in [1.165, 1.54) is 4.90 Å². The van der Waals surface area contributed by atoms with Crippen LogP contribution in [0.4, 0.5) is 4.79 Å². The summed E-state index contributed by atoms with van der Waals surface area (Å²) in [6.45, 7) is 4.28. The predicted molar refractivity (Wildman–Crippen MR) is 108 cm³/mol. The molecular weight excluding hydrogens is 378 g/mol. The van der Waals surface area contributed by atoms with E-state index in [2.05, 4.69) is 11.8 Å². The number of hydrogen-bond acceptors (Lipinski definition) is 5. The van der Waals surface area contributed by atoms with Crippen LogP contribution in [-0.2, 0) is 11.3 Å². The van der Waals surface area contributed by atoms with Crippen LogP contribution in [0.3, 0.4) is 0 Å². The number of piperidine rings is 1. The third-order valence-corrected chi connectivity index (χ3v) is 6.43. The minimum Gasteiger partial charge on any atom is -0.343 e. The molecule has 2 saturated heterocycles. The lowest BCUT2D eigenvalue weighted by Gasteiger charge is -2.41. The van der Waals surface area contributed by atoms with Gasteiger partial charge in [0.25, 0.3) is 5.91 Å². The summed E-state index contributed by atoms with van der Waals surface area (Å²) in [7, 11) is 3.61. The van der Waals surface area contributed by atoms with Crippen molar-refractivity contribution < 1.29 is 9.59 Å². The van der Waals surface area contributed by atoms with Crippen molar-refractivity contribution in [1.82, 2.24) is 19.6 Å². The molecule has 3 heterocycles. The molecule has 0 saturated carbocycles. The topological polar surface area (TPSA) is 59.5 Å². The minimum atomic E-state index is -0.500. The number of carbonyl (C=O) groups is 2. The highest BCUT2D eigenvalue weighted by Crippen LogP contribution is 2.30. The van der Waals surface area contributed by atoms with E-state index in [1.54, 1.807) is 18.0 Å². The summed E-state index contributed by atoms with van der Waals surface area (Å²) in [5, 5.41) is 0.548. The molecule has 0 aliphatic carbocycles. The van der Waals surface area contributed by atoms with Gasteiger partial charge in [0.2, 0.25) is 0 Å². The van der Waals surface area contributed by atoms with Gasteiger partial charge in [0, 0.05) is 32.2 Å². The van der Waals surface area contributed by atoms with Gasteiger partial charge >= 0.3 is 6.03 Å². The highest BCUT2D eigenvalue weighted by Gasteiger charge is 2.51. The number of benzene rings is 1. The van der Waals surface area contributed by atoms with Crippen LogP contribution in [0.5, 0.6) is 0 Å². The quantitative estimate of drug-likeness (QED) is 0.761. The first kappa shape index (κ1) is 19.1. The second-order valence-corrected chi connectivity index (χ2v) is 8.38. The minimum absolute atomic E-state index is 0.162. The standard InChI is InChI=1S/C20H26ClN5O2/c1-13-8-10-25(11-9-13)19-22-17-16(23(19)2)18(27)26(20(28)24(17)3)12-14-6-4-5-7-15(14)21/h4-7,13,16-17H,8-12H2,1-3H3. The van der Waals surface area contributed by atoms with Crippen LogP contribution in [0.25, 0.3) is 0 Å². The number of fused-ring (bicyclic) bond motifs is 1. The number of amides is 3. The van der Waals surface area contributed by atoms with Gasteiger partial charge in [-0.05, 0) is 30.4 Å². The number of nitrogens with zero attached hydrogens (tertiary/aromatic N) is 5. The largest absolute Gasteiger partial charge is 0.343 e. The van der Waals surface area contributed by atoms with E-state index in [9.17, 15) is 9.59 Å². The van der Waals surface area contributed by atoms with Crippen molar-refractivity contribution in [3.8, 4) is 0 Å². The lowest BCUT2D eigenvalue weighted by molar-refractivity contribution is -0.137. The fourth-order valence-corrected chi connectivity index (χ4v) is 4.40. The van der Waals surface area contributed by atoms with Gasteiger partial charge in [-0.3, -0.25) is 9.69 Å². The smallest absolute Gasteiger partial charge is 0.328 e. The molecule has 0 radical (unpaired) electrons. The lowest BCUT2D eigenvalue weighted by Crippen LogP contribution is -2.64. The third kappa shape index (κ3) is 3.11. The van der Waals surface area contributed by atoms with Gasteiger partial charge in [-0.15, -0.1) is 0 Å². The molecule has 2 fully saturated rings. The Morgan fingerprint density at radius 1 is 1.11 bits per heavy atom. The molecular formula is C20H26ClN5O2. The Balaban J connectivity index is 1.58. The van der Waals surface area contributed by atoms with Crippen molar-refractivity contribution in [3.63, 3.8) is 0 Å². The molecule has 0 bridgehead atoms. The molecule has 28 heavy (non-hydrogen) atoms. The normalized spacial score (nSPS) is 26.1. The van der Waals surface area contributed by atoms with Crippen molar-refractivity contribution in [1.29, 1.82) is 0 Å². The molecule has 150 valence electrons. The van der Waals surface area contributed by atoms with Crippen molar-refractivity contribution in [2.24, 2.45) is 10.9 Å². The zero-order valence-electron chi connectivity index (χ0n) is 16.5. The molecule has 2 atom stereocenters. The Hall–Kier alpha value is -2.28. The number of carbonyl (C=O) groups excluding carboxylic acids is 2. The number of urea groups is 1. The third-order valence-electron chi connectivity index (χ3n) is 6.06. The molecule has 1 aromatic rings. The number of aliphatic imine (C=N–C) groups is 1. The van der Waals surface area contributed by atoms with Gasteiger partial charge in [0.05, 0.1) is 6.54 Å². The van der Waals surface area contributed by atoms with Crippen LogP contribution in [0.15, 0.2) is 29.3 Å². The van der Waals surface area contributed by atoms with E-state index in [4.69, 9.17) is 16.6 Å². The maximum atomic E-state index is 13.3. The number of likely N-dealkylation sites (tertiary alicyclic amines) is 1. The molecule has 2 unspecified atom stereocenters. The van der Waals surface area contributed by atoms with E-state index in [0.29, 0.717) is 10.9 Å². The zero-order valence-corrected chi connectivity index (χ0v) is 17.3. The van der Waals surface area contributed by atoms with Gasteiger partial charge in [-0.25, -0.2) is 9.79 Å². The van der Waals surface area contributed by atoms with Crippen LogP contribution in [-0.4, -0.2) is 76.9 Å². The van der Waals surface area contributed by atoms with Crippen LogP contribution >= 0.6 is 11.6 Å². The monoisotopic (exact) mass is 403 g/mol. The Labute approximate surface area is 170 Å². The number of likely N-dealkylation sites (N-methyl/N-ethyl adjacent to an activating group) is 2. The summed E-state index contributed by atoms with van der Waals surface area (Å²) in [4.78, 5) is 38.0. The van der Waals surface area contributed by atoms with Crippen molar-refractivity contribution in [2.45, 2.75) is 38.5 Å². The Morgan fingerprint density at radius 2 is 1.79 bits per heavy atom. The number of halogens is 1. The summed E-state index contributed by atoms with van der Waals surface area (Å²) in [6.07, 6.45) is 1.74. The van der Waals surface area contributed by atoms with Crippen LogP contribution in [0, 0.1) is 5.92 Å². The van der Waals surface area contributed by atoms with Gasteiger partial charge in [0.1, 0.15) is 0 Å². The summed E-state index contributed by atoms with van der Waals surface area (Å²) in [6, 6.07) is 6.45. The van der Waals surface area contributed by atoms with Crippen LogP contribution < -0.4 is 0 Å². The number of guanidine groups is 1. The Kier molecular flexibility index (Phi) is 4.95. The van der Waals surface area contributed by atoms with E-state index in [1.807, 2.05) is 30.1 Å². The fraction of sp³-hybridized carbons (Fsp3) is 0.550. The molecule has 4 rings (SSSR count). The van der Waals surface area contributed by atoms with Gasteiger partial charge in [0.15, 0.2) is 18.2 Å². The average Bonchev–Trinajstić information content (AvgIpc) is 3.03. The van der Waals surface area contributed by atoms with E-state index in [-0.39, 0.29) is 18.5 Å². The van der Waals surface area contributed by atoms with Gasteiger partial charge in [-0.2, -0.15) is 0 Å². The summed E-state index contributed by atoms with van der Waals surface area (Å²) in [5.74, 6) is 1.30. The maximum Gasteiger partial charge on any atom is 0.328 e. The second kappa shape index (κ2) is 7.28. The van der Waals surface area contributed by atoms with E-state index in [0.717, 1.165) is 37.5 Å². The Morgan fingerprint density at radius 3 is 2.46 bits per heavy atom. The highest BCUT2D eigenvalue weighted by molar-refractivity contribution is 6.31. The molecule has 0 spiro atoms. The van der Waals surface area contributed by atoms with Crippen LogP contribution in [0.2, 0.25) is 5.02 Å². The Bertz CT molecular complexity index is 821. The predicted octanol–water partition coefficient (Wildman–Crippen LogP) is 2.46. The average molecular weight is 404 g/mol. The SMILES string of the molecule is CC1CCN(C2=NC3C(C(=O)N(Cc4ccccc4Cl)C(=O)N3C)N2C)CC1. The first-order valence-electron chi connectivity index (χ1n) is 9.75.